The molecule has 0 rings (SSSR count). The Morgan fingerprint density at radius 3 is 0.784 bits per heavy atom. The first-order valence-corrected chi connectivity index (χ1v) is 43.4. The van der Waals surface area contributed by atoms with Crippen molar-refractivity contribution in [1.29, 1.82) is 0 Å². The topological polar surface area (TPSA) is 237 Å². The molecule has 0 aliphatic rings. The molecular formula is C78H152O17P2. The molecule has 3 unspecified atom stereocenters. The fraction of sp³-hybridized carbons (Fsp3) is 0.949. The summed E-state index contributed by atoms with van der Waals surface area (Å²) in [6.45, 7) is 11.9. The zero-order valence-electron chi connectivity index (χ0n) is 63.5. The van der Waals surface area contributed by atoms with Crippen molar-refractivity contribution in [2.45, 2.75) is 420 Å². The number of aliphatic hydroxyl groups is 1. The van der Waals surface area contributed by atoms with Crippen molar-refractivity contribution in [2.24, 2.45) is 17.8 Å². The number of hydrogen-bond donors (Lipinski definition) is 3. The molecule has 0 fully saturated rings. The molecule has 3 N–H and O–H groups in total. The Balaban J connectivity index is 5.23. The maximum absolute atomic E-state index is 13.1. The van der Waals surface area contributed by atoms with Crippen LogP contribution in [0.2, 0.25) is 0 Å². The first-order valence-electron chi connectivity index (χ1n) is 40.4. The van der Waals surface area contributed by atoms with Crippen LogP contribution in [0.4, 0.5) is 0 Å². The van der Waals surface area contributed by atoms with Gasteiger partial charge in [-0.25, -0.2) is 9.13 Å². The smallest absolute Gasteiger partial charge is 0.462 e. The maximum Gasteiger partial charge on any atom is 0.472 e. The molecule has 0 amide bonds. The van der Waals surface area contributed by atoms with Gasteiger partial charge in [-0.2, -0.15) is 0 Å². The zero-order valence-corrected chi connectivity index (χ0v) is 65.3. The molecule has 6 atom stereocenters. The number of phosphoric acid groups is 2. The Labute approximate surface area is 594 Å². The van der Waals surface area contributed by atoms with Gasteiger partial charge in [0, 0.05) is 25.7 Å². The first-order chi connectivity index (χ1) is 46.8. The van der Waals surface area contributed by atoms with E-state index < -0.39 is 97.5 Å². The summed E-state index contributed by atoms with van der Waals surface area (Å²) in [6.07, 6.45) is 55.6. The SMILES string of the molecule is CCCCCCCCCCCCCCCCCCCCC(=O)OC[C@H](COP(=O)(O)OC[C@@H](O)COP(=O)(O)OC[C@@H](COC(=O)CCCCCCCCCC(C)C)OC(=O)CCCCCCCCCCC(C)C)OC(=O)CCCCCCCCCCCCCCCCC(C)CC. The van der Waals surface area contributed by atoms with Crippen molar-refractivity contribution in [1.82, 2.24) is 0 Å². The fourth-order valence-corrected chi connectivity index (χ4v) is 13.5. The molecule has 0 aliphatic carbocycles. The average molecular weight is 1420 g/mol. The van der Waals surface area contributed by atoms with Crippen LogP contribution in [0, 0.1) is 17.8 Å². The third kappa shape index (κ3) is 70.9. The maximum atomic E-state index is 13.1. The number of ether oxygens (including phenoxy) is 4. The summed E-state index contributed by atoms with van der Waals surface area (Å²) in [5.74, 6) is 0.151. The summed E-state index contributed by atoms with van der Waals surface area (Å²) in [4.78, 5) is 72.9. The van der Waals surface area contributed by atoms with Crippen LogP contribution in [0.15, 0.2) is 0 Å². The predicted molar refractivity (Wildman–Crippen MR) is 395 cm³/mol. The van der Waals surface area contributed by atoms with E-state index in [4.69, 9.17) is 37.0 Å². The summed E-state index contributed by atoms with van der Waals surface area (Å²) in [5, 5.41) is 10.6. The lowest BCUT2D eigenvalue weighted by Crippen LogP contribution is -2.30. The molecule has 0 aromatic carbocycles. The number of carbonyl (C=O) groups is 4. The lowest BCUT2D eigenvalue weighted by atomic mass is 9.99. The lowest BCUT2D eigenvalue weighted by Gasteiger charge is -2.21. The summed E-state index contributed by atoms with van der Waals surface area (Å²) in [5.41, 5.74) is 0. The summed E-state index contributed by atoms with van der Waals surface area (Å²) in [7, 11) is -9.91. The highest BCUT2D eigenvalue weighted by atomic mass is 31.2. The Morgan fingerprint density at radius 1 is 0.299 bits per heavy atom. The number of unbranched alkanes of at least 4 members (excludes halogenated alkanes) is 43. The lowest BCUT2D eigenvalue weighted by molar-refractivity contribution is -0.161. The molecule has 0 aliphatic heterocycles. The van der Waals surface area contributed by atoms with E-state index in [0.29, 0.717) is 31.6 Å². The number of rotatable bonds is 76. The van der Waals surface area contributed by atoms with Crippen molar-refractivity contribution < 1.29 is 80.2 Å². The van der Waals surface area contributed by atoms with E-state index >= 15 is 0 Å². The number of hydrogen-bond acceptors (Lipinski definition) is 15. The average Bonchev–Trinajstić information content (AvgIpc) is 0.982. The second-order valence-electron chi connectivity index (χ2n) is 29.3. The molecule has 0 bridgehead atoms. The van der Waals surface area contributed by atoms with E-state index in [0.717, 1.165) is 108 Å². The highest BCUT2D eigenvalue weighted by Gasteiger charge is 2.30. The normalized spacial score (nSPS) is 14.3. The van der Waals surface area contributed by atoms with Gasteiger partial charge in [0.2, 0.25) is 0 Å². The van der Waals surface area contributed by atoms with Crippen LogP contribution >= 0.6 is 15.6 Å². The summed E-state index contributed by atoms with van der Waals surface area (Å²) >= 11 is 0. The largest absolute Gasteiger partial charge is 0.472 e. The standard InChI is InChI=1S/C78H152O17P2/c1-8-10-11-12-13-14-15-16-17-18-19-20-24-27-30-38-45-52-59-75(80)88-65-73(94-77(82)61-54-47-39-31-28-25-22-21-23-26-29-37-44-51-58-71(7)9-2)67-92-96(84,85)90-63-72(79)64-91-97(86,87)93-68-74(66-89-76(81)60-53-46-41-34-36-43-50-57-70(5)6)95-78(83)62-55-48-40-33-32-35-42-49-56-69(3)4/h69-74,79H,8-68H2,1-7H3,(H,84,85)(H,86,87)/t71?,72-,73-,74-/m1/s1. The van der Waals surface area contributed by atoms with Crippen LogP contribution in [0.3, 0.4) is 0 Å². The molecule has 0 saturated heterocycles. The minimum Gasteiger partial charge on any atom is -0.462 e. The van der Waals surface area contributed by atoms with E-state index in [-0.39, 0.29) is 25.7 Å². The van der Waals surface area contributed by atoms with Crippen molar-refractivity contribution in [3.63, 3.8) is 0 Å². The van der Waals surface area contributed by atoms with Crippen molar-refractivity contribution >= 4 is 39.5 Å². The molecular weight excluding hydrogens is 1270 g/mol. The number of phosphoric ester groups is 2. The Hall–Kier alpha value is -1.94. The van der Waals surface area contributed by atoms with Crippen LogP contribution < -0.4 is 0 Å². The van der Waals surface area contributed by atoms with E-state index in [1.807, 2.05) is 0 Å². The fourth-order valence-electron chi connectivity index (χ4n) is 11.9. The minimum absolute atomic E-state index is 0.104. The highest BCUT2D eigenvalue weighted by Crippen LogP contribution is 2.45. The van der Waals surface area contributed by atoms with Crippen LogP contribution in [0.25, 0.3) is 0 Å². The van der Waals surface area contributed by atoms with E-state index in [9.17, 15) is 43.2 Å². The van der Waals surface area contributed by atoms with Gasteiger partial charge in [0.1, 0.15) is 19.3 Å². The van der Waals surface area contributed by atoms with Crippen LogP contribution in [-0.4, -0.2) is 96.7 Å². The molecule has 0 aromatic rings. The Bertz CT molecular complexity index is 1890. The van der Waals surface area contributed by atoms with E-state index in [2.05, 4.69) is 48.5 Å². The molecule has 0 radical (unpaired) electrons. The number of esters is 4. The molecule has 0 saturated carbocycles. The molecule has 97 heavy (non-hydrogen) atoms. The Morgan fingerprint density at radius 2 is 0.526 bits per heavy atom. The summed E-state index contributed by atoms with van der Waals surface area (Å²) in [6, 6.07) is 0. The molecule has 17 nitrogen and oxygen atoms in total. The molecule has 0 heterocycles. The van der Waals surface area contributed by atoms with Gasteiger partial charge in [-0.05, 0) is 43.4 Å². The third-order valence-electron chi connectivity index (χ3n) is 18.5. The number of carbonyl (C=O) groups excluding carboxylic acids is 4. The van der Waals surface area contributed by atoms with Crippen molar-refractivity contribution in [3.05, 3.63) is 0 Å². The summed E-state index contributed by atoms with van der Waals surface area (Å²) < 4.78 is 68.6. The predicted octanol–water partition coefficient (Wildman–Crippen LogP) is 23.0. The highest BCUT2D eigenvalue weighted by molar-refractivity contribution is 7.47. The second kappa shape index (κ2) is 68.5. The van der Waals surface area contributed by atoms with E-state index in [1.54, 1.807) is 0 Å². The quantitative estimate of drug-likeness (QED) is 0.0222. The van der Waals surface area contributed by atoms with Gasteiger partial charge < -0.3 is 33.8 Å². The molecule has 0 aromatic heterocycles. The molecule has 576 valence electrons. The minimum atomic E-state index is -4.96. The zero-order chi connectivity index (χ0) is 71.6. The van der Waals surface area contributed by atoms with Gasteiger partial charge in [0.15, 0.2) is 12.2 Å². The van der Waals surface area contributed by atoms with Crippen LogP contribution in [-0.2, 0) is 65.4 Å². The van der Waals surface area contributed by atoms with Gasteiger partial charge in [-0.1, -0.05) is 350 Å². The Kier molecular flexibility index (Phi) is 67.1. The third-order valence-corrected chi connectivity index (χ3v) is 20.4. The van der Waals surface area contributed by atoms with Gasteiger partial charge in [-0.15, -0.1) is 0 Å². The molecule has 0 spiro atoms. The van der Waals surface area contributed by atoms with Gasteiger partial charge in [-0.3, -0.25) is 37.3 Å². The van der Waals surface area contributed by atoms with Crippen LogP contribution in [0.1, 0.15) is 402 Å². The van der Waals surface area contributed by atoms with Crippen molar-refractivity contribution in [3.8, 4) is 0 Å². The van der Waals surface area contributed by atoms with Gasteiger partial charge in [0.25, 0.3) is 0 Å². The van der Waals surface area contributed by atoms with Gasteiger partial charge >= 0.3 is 39.5 Å². The first kappa shape index (κ1) is 95.1. The van der Waals surface area contributed by atoms with Gasteiger partial charge in [0.05, 0.1) is 26.4 Å². The molecule has 19 heteroatoms. The van der Waals surface area contributed by atoms with Crippen LogP contribution in [0.5, 0.6) is 0 Å². The second-order valence-corrected chi connectivity index (χ2v) is 32.2. The monoisotopic (exact) mass is 1420 g/mol. The van der Waals surface area contributed by atoms with Crippen molar-refractivity contribution in [2.75, 3.05) is 39.6 Å². The van der Waals surface area contributed by atoms with E-state index in [1.165, 1.54) is 205 Å². The number of aliphatic hydroxyl groups excluding tert-OH is 1.